The summed E-state index contributed by atoms with van der Waals surface area (Å²) in [4.78, 5) is 21.9. The first-order valence-electron chi connectivity index (χ1n) is 5.73. The second-order valence-electron chi connectivity index (χ2n) is 4.48. The lowest BCUT2D eigenvalue weighted by Crippen LogP contribution is -2.43. The Kier molecular flexibility index (Phi) is 3.99. The van der Waals surface area contributed by atoms with Crippen LogP contribution in [0.25, 0.3) is 0 Å². The number of carbonyl (C=O) groups is 2. The molecular formula is C12H13Cl2N3O2. The summed E-state index contributed by atoms with van der Waals surface area (Å²) in [6.07, 6.45) is 1.80. The van der Waals surface area contributed by atoms with E-state index in [1.165, 1.54) is 0 Å². The number of urea groups is 1. The summed E-state index contributed by atoms with van der Waals surface area (Å²) < 4.78 is 0. The van der Waals surface area contributed by atoms with Crippen molar-refractivity contribution in [1.82, 2.24) is 10.6 Å². The molecule has 4 N–H and O–H groups in total. The summed E-state index contributed by atoms with van der Waals surface area (Å²) in [6, 6.07) is 4.53. The Hall–Kier alpha value is -1.30. The Morgan fingerprint density at radius 3 is 2.47 bits per heavy atom. The molecule has 0 unspecified atom stereocenters. The second-order valence-corrected chi connectivity index (χ2v) is 5.29. The van der Waals surface area contributed by atoms with E-state index in [0.29, 0.717) is 10.0 Å². The van der Waals surface area contributed by atoms with Gasteiger partial charge in [0, 0.05) is 5.54 Å². The number of rotatable bonds is 4. The summed E-state index contributed by atoms with van der Waals surface area (Å²) in [6.45, 7) is 0.0170. The minimum atomic E-state index is -0.855. The van der Waals surface area contributed by atoms with E-state index in [2.05, 4.69) is 5.32 Å². The first kappa shape index (κ1) is 14.1. The molecule has 5 nitrogen and oxygen atoms in total. The number of primary amides is 1. The normalized spacial score (nSPS) is 15.9. The molecule has 1 fully saturated rings. The van der Waals surface area contributed by atoms with Gasteiger partial charge in [0.2, 0.25) is 5.91 Å². The minimum Gasteiger partial charge on any atom is -0.351 e. The van der Waals surface area contributed by atoms with Crippen molar-refractivity contribution in [2.24, 2.45) is 5.73 Å². The smallest absolute Gasteiger partial charge is 0.318 e. The van der Waals surface area contributed by atoms with Gasteiger partial charge in [-0.3, -0.25) is 15.4 Å². The predicted octanol–water partition coefficient (Wildman–Crippen LogP) is 1.77. The molecule has 0 heterocycles. The molecule has 1 aliphatic rings. The van der Waals surface area contributed by atoms with Crippen LogP contribution in [0.2, 0.25) is 10.0 Å². The van der Waals surface area contributed by atoms with Gasteiger partial charge < -0.3 is 5.73 Å². The highest BCUT2D eigenvalue weighted by molar-refractivity contribution is 6.42. The van der Waals surface area contributed by atoms with Crippen molar-refractivity contribution in [3.8, 4) is 0 Å². The van der Waals surface area contributed by atoms with Gasteiger partial charge in [0.1, 0.15) is 0 Å². The van der Waals surface area contributed by atoms with Crippen LogP contribution in [0.4, 0.5) is 4.79 Å². The Bertz CT molecular complexity index is 530. The Morgan fingerprint density at radius 1 is 1.26 bits per heavy atom. The molecule has 0 aromatic heterocycles. The molecule has 0 bridgehead atoms. The Balaban J connectivity index is 2.01. The third kappa shape index (κ3) is 3.37. The first-order chi connectivity index (χ1) is 8.93. The predicted molar refractivity (Wildman–Crippen MR) is 73.1 cm³/mol. The van der Waals surface area contributed by atoms with Crippen LogP contribution < -0.4 is 16.4 Å². The molecule has 1 aromatic carbocycles. The van der Waals surface area contributed by atoms with E-state index in [1.807, 2.05) is 11.4 Å². The molecule has 3 amide bonds. The van der Waals surface area contributed by atoms with Gasteiger partial charge in [-0.05, 0) is 30.5 Å². The average molecular weight is 302 g/mol. The van der Waals surface area contributed by atoms with E-state index < -0.39 is 11.9 Å². The third-order valence-corrected chi connectivity index (χ3v) is 3.81. The fourth-order valence-electron chi connectivity index (χ4n) is 1.92. The highest BCUT2D eigenvalue weighted by Crippen LogP contribution is 2.46. The van der Waals surface area contributed by atoms with E-state index in [0.717, 1.165) is 18.4 Å². The summed E-state index contributed by atoms with van der Waals surface area (Å²) >= 11 is 11.8. The Labute approximate surface area is 120 Å². The zero-order valence-electron chi connectivity index (χ0n) is 10.0. The fraction of sp³-hybridized carbons (Fsp3) is 0.333. The van der Waals surface area contributed by atoms with Crippen molar-refractivity contribution in [3.63, 3.8) is 0 Å². The van der Waals surface area contributed by atoms with Gasteiger partial charge in [-0.2, -0.15) is 0 Å². The van der Waals surface area contributed by atoms with Gasteiger partial charge in [-0.15, -0.1) is 0 Å². The van der Waals surface area contributed by atoms with Crippen molar-refractivity contribution in [3.05, 3.63) is 33.8 Å². The van der Waals surface area contributed by atoms with Crippen molar-refractivity contribution >= 4 is 35.1 Å². The molecule has 7 heteroatoms. The minimum absolute atomic E-state index is 0.0170. The molecule has 0 radical (unpaired) electrons. The molecule has 1 aliphatic carbocycles. The van der Waals surface area contributed by atoms with Crippen LogP contribution >= 0.6 is 23.2 Å². The van der Waals surface area contributed by atoms with Gasteiger partial charge in [0.25, 0.3) is 0 Å². The lowest BCUT2D eigenvalue weighted by atomic mass is 10.1. The summed E-state index contributed by atoms with van der Waals surface area (Å²) in [5, 5.41) is 6.10. The molecule has 102 valence electrons. The standard InChI is InChI=1S/C12H13Cl2N3O2/c13-8-2-1-7(5-9(8)14)12(3-4-12)16-6-10(18)17-11(15)19/h1-2,5,16H,3-4,6H2,(H3,15,17,18,19). The van der Waals surface area contributed by atoms with Gasteiger partial charge in [-0.25, -0.2) is 4.79 Å². The summed E-state index contributed by atoms with van der Waals surface area (Å²) in [5.41, 5.74) is 5.58. The van der Waals surface area contributed by atoms with Crippen molar-refractivity contribution in [1.29, 1.82) is 0 Å². The SMILES string of the molecule is NC(=O)NC(=O)CNC1(c2ccc(Cl)c(Cl)c2)CC1. The van der Waals surface area contributed by atoms with E-state index in [-0.39, 0.29) is 12.1 Å². The molecule has 0 aliphatic heterocycles. The maximum atomic E-state index is 11.4. The van der Waals surface area contributed by atoms with Crippen LogP contribution in [0.5, 0.6) is 0 Å². The molecular weight excluding hydrogens is 289 g/mol. The van der Waals surface area contributed by atoms with Gasteiger partial charge in [0.05, 0.1) is 16.6 Å². The number of hydrogen-bond acceptors (Lipinski definition) is 3. The first-order valence-corrected chi connectivity index (χ1v) is 6.48. The maximum absolute atomic E-state index is 11.4. The van der Waals surface area contributed by atoms with Crippen LogP contribution in [-0.2, 0) is 10.3 Å². The number of nitrogens with two attached hydrogens (primary N) is 1. The van der Waals surface area contributed by atoms with Crippen LogP contribution in [0, 0.1) is 0 Å². The lowest BCUT2D eigenvalue weighted by molar-refractivity contribution is -0.119. The fourth-order valence-corrected chi connectivity index (χ4v) is 2.22. The van der Waals surface area contributed by atoms with Gasteiger partial charge in [0.15, 0.2) is 0 Å². The van der Waals surface area contributed by atoms with Gasteiger partial charge in [-0.1, -0.05) is 29.3 Å². The zero-order chi connectivity index (χ0) is 14.0. The number of hydrogen-bond donors (Lipinski definition) is 3. The van der Waals surface area contributed by atoms with Gasteiger partial charge >= 0.3 is 6.03 Å². The molecule has 1 saturated carbocycles. The average Bonchev–Trinajstić information content (AvgIpc) is 3.10. The monoisotopic (exact) mass is 301 g/mol. The maximum Gasteiger partial charge on any atom is 0.318 e. The van der Waals surface area contributed by atoms with Crippen LogP contribution in [-0.4, -0.2) is 18.5 Å². The molecule has 1 aromatic rings. The number of imide groups is 1. The second kappa shape index (κ2) is 5.36. The molecule has 2 rings (SSSR count). The molecule has 0 atom stereocenters. The molecule has 0 spiro atoms. The molecule has 0 saturated heterocycles. The Morgan fingerprint density at radius 2 is 1.95 bits per heavy atom. The summed E-state index contributed by atoms with van der Waals surface area (Å²) in [5.74, 6) is -0.459. The van der Waals surface area contributed by atoms with Crippen molar-refractivity contribution < 1.29 is 9.59 Å². The lowest BCUT2D eigenvalue weighted by Gasteiger charge is -2.18. The van der Waals surface area contributed by atoms with E-state index >= 15 is 0 Å². The molecule has 19 heavy (non-hydrogen) atoms. The number of amides is 3. The largest absolute Gasteiger partial charge is 0.351 e. The summed E-state index contributed by atoms with van der Waals surface area (Å²) in [7, 11) is 0. The van der Waals surface area contributed by atoms with Crippen LogP contribution in [0.3, 0.4) is 0 Å². The quantitative estimate of drug-likeness (QED) is 0.792. The number of carbonyl (C=O) groups excluding carboxylic acids is 2. The van der Waals surface area contributed by atoms with Crippen molar-refractivity contribution in [2.75, 3.05) is 6.54 Å². The van der Waals surface area contributed by atoms with E-state index in [9.17, 15) is 9.59 Å². The van der Waals surface area contributed by atoms with Crippen LogP contribution in [0.15, 0.2) is 18.2 Å². The van der Waals surface area contributed by atoms with Crippen molar-refractivity contribution in [2.45, 2.75) is 18.4 Å². The highest BCUT2D eigenvalue weighted by atomic mass is 35.5. The van der Waals surface area contributed by atoms with E-state index in [4.69, 9.17) is 28.9 Å². The topological polar surface area (TPSA) is 84.2 Å². The third-order valence-electron chi connectivity index (χ3n) is 3.07. The van der Waals surface area contributed by atoms with Crippen LogP contribution in [0.1, 0.15) is 18.4 Å². The van der Waals surface area contributed by atoms with E-state index in [1.54, 1.807) is 12.1 Å². The highest BCUT2D eigenvalue weighted by Gasteiger charge is 2.44. The number of nitrogens with one attached hydrogen (secondary N) is 2. The zero-order valence-corrected chi connectivity index (χ0v) is 11.5. The number of benzene rings is 1. The number of halogens is 2.